The summed E-state index contributed by atoms with van der Waals surface area (Å²) in [4.78, 5) is 29.9. The topological polar surface area (TPSA) is 83.5 Å². The van der Waals surface area contributed by atoms with Gasteiger partial charge in [-0.05, 0) is 0 Å². The van der Waals surface area contributed by atoms with Gasteiger partial charge in [-0.1, -0.05) is 6.92 Å². The Labute approximate surface area is 77.0 Å². The van der Waals surface area contributed by atoms with Crippen molar-refractivity contribution in [1.82, 2.24) is 5.32 Å². The Hall–Kier alpha value is -0.670. The predicted molar refractivity (Wildman–Crippen MR) is 48.9 cm³/mol. The number of aldehydes is 1. The second kappa shape index (κ2) is 5.14. The molecule has 0 saturated heterocycles. The van der Waals surface area contributed by atoms with Crippen LogP contribution in [-0.4, -0.2) is 36.5 Å². The lowest BCUT2D eigenvalue weighted by Gasteiger charge is -2.08. The SMILES string of the molecule is CC(C=O)CNC(=O)CP(C)(=O)O. The van der Waals surface area contributed by atoms with Gasteiger partial charge in [0.1, 0.15) is 12.4 Å². The lowest BCUT2D eigenvalue weighted by molar-refractivity contribution is -0.119. The van der Waals surface area contributed by atoms with Crippen molar-refractivity contribution in [2.75, 3.05) is 19.4 Å². The normalized spacial score (nSPS) is 17.2. The van der Waals surface area contributed by atoms with E-state index in [4.69, 9.17) is 4.89 Å². The van der Waals surface area contributed by atoms with Crippen LogP contribution in [0.15, 0.2) is 0 Å². The van der Waals surface area contributed by atoms with Crippen molar-refractivity contribution in [3.8, 4) is 0 Å². The van der Waals surface area contributed by atoms with Gasteiger partial charge in [-0.2, -0.15) is 0 Å². The molecule has 1 amide bonds. The van der Waals surface area contributed by atoms with Crippen molar-refractivity contribution in [2.45, 2.75) is 6.92 Å². The maximum atomic E-state index is 10.9. The van der Waals surface area contributed by atoms with E-state index in [-0.39, 0.29) is 12.5 Å². The predicted octanol–water partition coefficient (Wildman–Crippen LogP) is -0.162. The first-order valence-electron chi connectivity index (χ1n) is 3.86. The first kappa shape index (κ1) is 12.3. The van der Waals surface area contributed by atoms with Crippen LogP contribution < -0.4 is 5.32 Å². The molecule has 0 aliphatic heterocycles. The summed E-state index contributed by atoms with van der Waals surface area (Å²) in [6.45, 7) is 2.98. The Morgan fingerprint density at radius 1 is 1.69 bits per heavy atom. The van der Waals surface area contributed by atoms with Crippen molar-refractivity contribution < 1.29 is 19.0 Å². The maximum Gasteiger partial charge on any atom is 0.229 e. The number of carbonyl (C=O) groups is 2. The summed E-state index contributed by atoms with van der Waals surface area (Å²) in [6, 6.07) is 0. The molecule has 0 fully saturated rings. The zero-order chi connectivity index (χ0) is 10.5. The summed E-state index contributed by atoms with van der Waals surface area (Å²) < 4.78 is 10.8. The molecule has 13 heavy (non-hydrogen) atoms. The van der Waals surface area contributed by atoms with Crippen LogP contribution in [-0.2, 0) is 14.2 Å². The molecule has 2 unspecified atom stereocenters. The third kappa shape index (κ3) is 7.68. The van der Waals surface area contributed by atoms with Gasteiger partial charge in [0.2, 0.25) is 13.3 Å². The number of amides is 1. The average Bonchev–Trinajstić information content (AvgIpc) is 1.97. The minimum atomic E-state index is -3.29. The van der Waals surface area contributed by atoms with Gasteiger partial charge < -0.3 is 15.0 Å². The van der Waals surface area contributed by atoms with Gasteiger partial charge >= 0.3 is 0 Å². The molecule has 0 saturated carbocycles. The van der Waals surface area contributed by atoms with Gasteiger partial charge in [0.25, 0.3) is 0 Å². The Morgan fingerprint density at radius 2 is 2.23 bits per heavy atom. The molecule has 0 heterocycles. The van der Waals surface area contributed by atoms with Crippen LogP contribution in [0.3, 0.4) is 0 Å². The third-order valence-electron chi connectivity index (χ3n) is 1.29. The summed E-state index contributed by atoms with van der Waals surface area (Å²) in [5.74, 6) is -0.763. The fraction of sp³-hybridized carbons (Fsp3) is 0.714. The van der Waals surface area contributed by atoms with Gasteiger partial charge in [-0.3, -0.25) is 9.36 Å². The van der Waals surface area contributed by atoms with Crippen molar-refractivity contribution in [2.24, 2.45) is 5.92 Å². The molecule has 0 aliphatic rings. The zero-order valence-corrected chi connectivity index (χ0v) is 8.58. The van der Waals surface area contributed by atoms with Crippen molar-refractivity contribution >= 4 is 19.6 Å². The molecule has 0 bridgehead atoms. The molecule has 0 rings (SSSR count). The molecular weight excluding hydrogens is 193 g/mol. The monoisotopic (exact) mass is 207 g/mol. The number of hydrogen-bond acceptors (Lipinski definition) is 3. The lowest BCUT2D eigenvalue weighted by Crippen LogP contribution is -2.30. The minimum absolute atomic E-state index is 0.211. The minimum Gasteiger partial charge on any atom is -0.355 e. The van der Waals surface area contributed by atoms with Crippen molar-refractivity contribution in [3.05, 3.63) is 0 Å². The highest BCUT2D eigenvalue weighted by molar-refractivity contribution is 7.58. The smallest absolute Gasteiger partial charge is 0.229 e. The molecule has 0 aromatic carbocycles. The van der Waals surface area contributed by atoms with Gasteiger partial charge in [-0.25, -0.2) is 0 Å². The zero-order valence-electron chi connectivity index (χ0n) is 7.69. The summed E-state index contributed by atoms with van der Waals surface area (Å²) >= 11 is 0. The molecule has 6 heteroatoms. The molecule has 2 atom stereocenters. The van der Waals surface area contributed by atoms with E-state index in [1.165, 1.54) is 0 Å². The van der Waals surface area contributed by atoms with E-state index in [9.17, 15) is 14.2 Å². The third-order valence-corrected chi connectivity index (χ3v) is 2.16. The average molecular weight is 207 g/mol. The molecule has 0 aromatic heterocycles. The second-order valence-electron chi connectivity index (χ2n) is 3.13. The quantitative estimate of drug-likeness (QED) is 0.484. The first-order chi connectivity index (χ1) is 5.85. The molecule has 0 aliphatic carbocycles. The lowest BCUT2D eigenvalue weighted by atomic mass is 10.2. The van der Waals surface area contributed by atoms with E-state index in [1.807, 2.05) is 0 Å². The van der Waals surface area contributed by atoms with E-state index in [2.05, 4.69) is 5.32 Å². The molecule has 2 N–H and O–H groups in total. The number of hydrogen-bond donors (Lipinski definition) is 2. The molecule has 76 valence electrons. The van der Waals surface area contributed by atoms with Crippen LogP contribution in [0.2, 0.25) is 0 Å². The molecule has 0 aromatic rings. The largest absolute Gasteiger partial charge is 0.355 e. The molecular formula is C7H14NO4P. The summed E-state index contributed by atoms with van der Waals surface area (Å²) in [7, 11) is -3.29. The van der Waals surface area contributed by atoms with Crippen LogP contribution in [0.1, 0.15) is 6.92 Å². The van der Waals surface area contributed by atoms with Gasteiger partial charge in [0.05, 0.1) is 0 Å². The Balaban J connectivity index is 3.77. The summed E-state index contributed by atoms with van der Waals surface area (Å²) in [5, 5.41) is 2.39. The highest BCUT2D eigenvalue weighted by Gasteiger charge is 2.15. The van der Waals surface area contributed by atoms with Gasteiger partial charge in [0, 0.05) is 19.1 Å². The van der Waals surface area contributed by atoms with Gasteiger partial charge in [-0.15, -0.1) is 0 Å². The number of nitrogens with one attached hydrogen (secondary N) is 1. The van der Waals surface area contributed by atoms with E-state index in [0.717, 1.165) is 6.66 Å². The van der Waals surface area contributed by atoms with Crippen LogP contribution in [0.4, 0.5) is 0 Å². The molecule has 5 nitrogen and oxygen atoms in total. The maximum absolute atomic E-state index is 10.9. The Bertz CT molecular complexity index is 235. The van der Waals surface area contributed by atoms with E-state index >= 15 is 0 Å². The highest BCUT2D eigenvalue weighted by Crippen LogP contribution is 2.33. The van der Waals surface area contributed by atoms with Crippen LogP contribution in [0.25, 0.3) is 0 Å². The van der Waals surface area contributed by atoms with Crippen molar-refractivity contribution in [1.29, 1.82) is 0 Å². The number of carbonyl (C=O) groups excluding carboxylic acids is 2. The molecule has 0 radical (unpaired) electrons. The first-order valence-corrected chi connectivity index (χ1v) is 6.15. The van der Waals surface area contributed by atoms with Crippen LogP contribution >= 0.6 is 7.37 Å². The Kier molecular flexibility index (Phi) is 4.88. The van der Waals surface area contributed by atoms with Gasteiger partial charge in [0.15, 0.2) is 0 Å². The number of rotatable bonds is 5. The fourth-order valence-corrected chi connectivity index (χ4v) is 1.29. The van der Waals surface area contributed by atoms with E-state index < -0.39 is 19.4 Å². The summed E-state index contributed by atoms with van der Waals surface area (Å²) in [6.07, 6.45) is 0.323. The second-order valence-corrected chi connectivity index (χ2v) is 5.54. The Morgan fingerprint density at radius 3 is 2.62 bits per heavy atom. The fourth-order valence-electron chi connectivity index (χ4n) is 0.645. The van der Waals surface area contributed by atoms with E-state index in [0.29, 0.717) is 6.29 Å². The van der Waals surface area contributed by atoms with Crippen LogP contribution in [0.5, 0.6) is 0 Å². The molecule has 0 spiro atoms. The highest BCUT2D eigenvalue weighted by atomic mass is 31.2. The summed E-state index contributed by atoms with van der Waals surface area (Å²) in [5.41, 5.74) is 0. The van der Waals surface area contributed by atoms with Crippen LogP contribution in [0, 0.1) is 5.92 Å². The van der Waals surface area contributed by atoms with Crippen molar-refractivity contribution in [3.63, 3.8) is 0 Å². The van der Waals surface area contributed by atoms with E-state index in [1.54, 1.807) is 6.92 Å². The standard InChI is InChI=1S/C7H14NO4P/c1-6(4-9)3-8-7(10)5-13(2,11)12/h4,6H,3,5H2,1-2H3,(H,8,10)(H,11,12).